The summed E-state index contributed by atoms with van der Waals surface area (Å²) in [6, 6.07) is 7.21. The van der Waals surface area contributed by atoms with Crippen LogP contribution in [0.4, 0.5) is 0 Å². The van der Waals surface area contributed by atoms with E-state index in [0.717, 1.165) is 18.5 Å². The van der Waals surface area contributed by atoms with Crippen LogP contribution >= 0.6 is 0 Å². The van der Waals surface area contributed by atoms with Gasteiger partial charge in [0.1, 0.15) is 5.75 Å². The lowest BCUT2D eigenvalue weighted by Crippen LogP contribution is -2.40. The standard InChI is InChI=1S/C12H17NO2/c1-13-6-5-11(12(15)8-13)9-3-2-4-10(14)7-9/h2-4,7,11-12,14-15H,5-6,8H2,1H3/t11-,12+/m1/s1. The largest absolute Gasteiger partial charge is 0.508 e. The number of nitrogens with zero attached hydrogens (tertiary/aromatic N) is 1. The van der Waals surface area contributed by atoms with Crippen molar-refractivity contribution in [1.82, 2.24) is 4.90 Å². The first kappa shape index (κ1) is 10.5. The minimum Gasteiger partial charge on any atom is -0.508 e. The lowest BCUT2D eigenvalue weighted by Gasteiger charge is -2.33. The van der Waals surface area contributed by atoms with Gasteiger partial charge in [-0.2, -0.15) is 0 Å². The SMILES string of the molecule is CN1CC[C@H](c2cccc(O)c2)[C@@H](O)C1. The van der Waals surface area contributed by atoms with Gasteiger partial charge < -0.3 is 15.1 Å². The van der Waals surface area contributed by atoms with Crippen molar-refractivity contribution in [3.8, 4) is 5.75 Å². The van der Waals surface area contributed by atoms with Crippen LogP contribution in [-0.2, 0) is 0 Å². The van der Waals surface area contributed by atoms with E-state index >= 15 is 0 Å². The predicted molar refractivity (Wildman–Crippen MR) is 59.0 cm³/mol. The third kappa shape index (κ3) is 2.30. The van der Waals surface area contributed by atoms with E-state index in [2.05, 4.69) is 4.90 Å². The van der Waals surface area contributed by atoms with Gasteiger partial charge in [0.15, 0.2) is 0 Å². The number of aliphatic hydroxyl groups is 1. The van der Waals surface area contributed by atoms with Crippen molar-refractivity contribution < 1.29 is 10.2 Å². The van der Waals surface area contributed by atoms with E-state index in [9.17, 15) is 10.2 Å². The van der Waals surface area contributed by atoms with Crippen LogP contribution in [0.1, 0.15) is 17.9 Å². The summed E-state index contributed by atoms with van der Waals surface area (Å²) in [5.41, 5.74) is 1.04. The second kappa shape index (κ2) is 4.21. The molecule has 15 heavy (non-hydrogen) atoms. The summed E-state index contributed by atoms with van der Waals surface area (Å²) >= 11 is 0. The first-order valence-electron chi connectivity index (χ1n) is 5.32. The Hall–Kier alpha value is -1.06. The van der Waals surface area contributed by atoms with E-state index in [-0.39, 0.29) is 17.8 Å². The molecule has 0 radical (unpaired) electrons. The number of aliphatic hydroxyl groups excluding tert-OH is 1. The molecule has 0 spiro atoms. The Bertz CT molecular complexity index is 340. The summed E-state index contributed by atoms with van der Waals surface area (Å²) < 4.78 is 0. The zero-order valence-electron chi connectivity index (χ0n) is 8.93. The van der Waals surface area contributed by atoms with E-state index in [0.29, 0.717) is 6.54 Å². The Labute approximate surface area is 90.0 Å². The summed E-state index contributed by atoms with van der Waals surface area (Å²) in [5.74, 6) is 0.437. The van der Waals surface area contributed by atoms with Crippen molar-refractivity contribution in [1.29, 1.82) is 0 Å². The minimum absolute atomic E-state index is 0.160. The van der Waals surface area contributed by atoms with Crippen LogP contribution < -0.4 is 0 Å². The van der Waals surface area contributed by atoms with E-state index in [1.54, 1.807) is 12.1 Å². The van der Waals surface area contributed by atoms with Crippen LogP contribution in [0.3, 0.4) is 0 Å². The molecule has 82 valence electrons. The number of phenols is 1. The maximum absolute atomic E-state index is 9.96. The highest BCUT2D eigenvalue weighted by Gasteiger charge is 2.27. The molecule has 3 nitrogen and oxygen atoms in total. The van der Waals surface area contributed by atoms with Crippen molar-refractivity contribution in [2.75, 3.05) is 20.1 Å². The van der Waals surface area contributed by atoms with Gasteiger partial charge in [0.2, 0.25) is 0 Å². The second-order valence-electron chi connectivity index (χ2n) is 4.32. The highest BCUT2D eigenvalue weighted by molar-refractivity contribution is 5.30. The predicted octanol–water partition coefficient (Wildman–Crippen LogP) is 1.17. The van der Waals surface area contributed by atoms with Crippen molar-refractivity contribution in [2.45, 2.75) is 18.4 Å². The summed E-state index contributed by atoms with van der Waals surface area (Å²) in [7, 11) is 2.02. The van der Waals surface area contributed by atoms with Crippen LogP contribution in [0.15, 0.2) is 24.3 Å². The molecule has 2 rings (SSSR count). The van der Waals surface area contributed by atoms with Crippen LogP contribution in [0.5, 0.6) is 5.75 Å². The molecular formula is C12H17NO2. The Balaban J connectivity index is 2.17. The fourth-order valence-corrected chi connectivity index (χ4v) is 2.23. The Morgan fingerprint density at radius 2 is 2.20 bits per heavy atom. The number of piperidine rings is 1. The van der Waals surface area contributed by atoms with Gasteiger partial charge in [-0.15, -0.1) is 0 Å². The van der Waals surface area contributed by atoms with Crippen molar-refractivity contribution >= 4 is 0 Å². The molecular weight excluding hydrogens is 190 g/mol. The molecule has 1 fully saturated rings. The highest BCUT2D eigenvalue weighted by Crippen LogP contribution is 2.29. The number of benzene rings is 1. The van der Waals surface area contributed by atoms with Crippen LogP contribution in [-0.4, -0.2) is 41.4 Å². The first-order valence-corrected chi connectivity index (χ1v) is 5.32. The Morgan fingerprint density at radius 1 is 1.40 bits per heavy atom. The Kier molecular flexibility index (Phi) is 2.93. The quantitative estimate of drug-likeness (QED) is 0.726. The van der Waals surface area contributed by atoms with Crippen LogP contribution in [0.25, 0.3) is 0 Å². The van der Waals surface area contributed by atoms with Gasteiger partial charge in [-0.1, -0.05) is 12.1 Å². The van der Waals surface area contributed by atoms with Gasteiger partial charge in [-0.25, -0.2) is 0 Å². The van der Waals surface area contributed by atoms with E-state index in [1.807, 2.05) is 19.2 Å². The van der Waals surface area contributed by atoms with Crippen molar-refractivity contribution in [2.24, 2.45) is 0 Å². The molecule has 1 aromatic carbocycles. The maximum Gasteiger partial charge on any atom is 0.115 e. The summed E-state index contributed by atoms with van der Waals surface area (Å²) in [5, 5.41) is 19.4. The molecule has 1 aromatic rings. The minimum atomic E-state index is -0.328. The van der Waals surface area contributed by atoms with Gasteiger partial charge in [-0.3, -0.25) is 0 Å². The fraction of sp³-hybridized carbons (Fsp3) is 0.500. The van der Waals surface area contributed by atoms with Crippen molar-refractivity contribution in [3.05, 3.63) is 29.8 Å². The lowest BCUT2D eigenvalue weighted by molar-refractivity contribution is 0.0637. The molecule has 3 heteroatoms. The molecule has 2 atom stereocenters. The number of likely N-dealkylation sites (tertiary alicyclic amines) is 1. The monoisotopic (exact) mass is 207 g/mol. The van der Waals surface area contributed by atoms with Gasteiger partial charge in [0.05, 0.1) is 6.10 Å². The smallest absolute Gasteiger partial charge is 0.115 e. The summed E-state index contributed by atoms with van der Waals surface area (Å²) in [6.07, 6.45) is 0.617. The summed E-state index contributed by atoms with van der Waals surface area (Å²) in [4.78, 5) is 2.13. The topological polar surface area (TPSA) is 43.7 Å². The van der Waals surface area contributed by atoms with Gasteiger partial charge >= 0.3 is 0 Å². The average Bonchev–Trinajstić information content (AvgIpc) is 2.17. The van der Waals surface area contributed by atoms with Crippen molar-refractivity contribution in [3.63, 3.8) is 0 Å². The number of phenolic OH excluding ortho intramolecular Hbond substituents is 1. The second-order valence-corrected chi connectivity index (χ2v) is 4.32. The Morgan fingerprint density at radius 3 is 2.87 bits per heavy atom. The molecule has 0 aliphatic carbocycles. The fourth-order valence-electron chi connectivity index (χ4n) is 2.23. The number of β-amino-alcohol motifs (C(OH)–C–C–N with tert-alkyl or cyclic N) is 1. The number of likely N-dealkylation sites (N-methyl/N-ethyl adjacent to an activating group) is 1. The molecule has 1 aliphatic heterocycles. The van der Waals surface area contributed by atoms with Gasteiger partial charge in [-0.05, 0) is 37.7 Å². The highest BCUT2D eigenvalue weighted by atomic mass is 16.3. The third-order valence-electron chi connectivity index (χ3n) is 3.08. The molecule has 1 aliphatic rings. The molecule has 1 heterocycles. The number of hydrogen-bond donors (Lipinski definition) is 2. The normalized spacial score (nSPS) is 27.9. The summed E-state index contributed by atoms with van der Waals surface area (Å²) in [6.45, 7) is 1.71. The molecule has 0 saturated carbocycles. The molecule has 0 bridgehead atoms. The first-order chi connectivity index (χ1) is 7.16. The van der Waals surface area contributed by atoms with Crippen LogP contribution in [0, 0.1) is 0 Å². The van der Waals surface area contributed by atoms with E-state index < -0.39 is 0 Å². The molecule has 0 amide bonds. The number of rotatable bonds is 1. The molecule has 0 unspecified atom stereocenters. The number of hydrogen-bond acceptors (Lipinski definition) is 3. The van der Waals surface area contributed by atoms with Crippen LogP contribution in [0.2, 0.25) is 0 Å². The third-order valence-corrected chi connectivity index (χ3v) is 3.08. The zero-order chi connectivity index (χ0) is 10.8. The maximum atomic E-state index is 9.96. The molecule has 2 N–H and O–H groups in total. The zero-order valence-corrected chi connectivity index (χ0v) is 8.93. The lowest BCUT2D eigenvalue weighted by atomic mass is 9.87. The van der Waals surface area contributed by atoms with Gasteiger partial charge in [0.25, 0.3) is 0 Å². The number of aromatic hydroxyl groups is 1. The molecule has 1 saturated heterocycles. The molecule has 0 aromatic heterocycles. The van der Waals surface area contributed by atoms with Gasteiger partial charge in [0, 0.05) is 12.5 Å². The van der Waals surface area contributed by atoms with E-state index in [1.165, 1.54) is 0 Å². The average molecular weight is 207 g/mol. The van der Waals surface area contributed by atoms with E-state index in [4.69, 9.17) is 0 Å².